The molecule has 0 bridgehead atoms. The second-order valence-electron chi connectivity index (χ2n) is 3.20. The van der Waals surface area contributed by atoms with E-state index in [2.05, 4.69) is 15.0 Å². The summed E-state index contributed by atoms with van der Waals surface area (Å²) >= 11 is 0. The predicted octanol–water partition coefficient (Wildman–Crippen LogP) is 0.790. The fourth-order valence-corrected chi connectivity index (χ4v) is 1.47. The third kappa shape index (κ3) is 1.96. The minimum absolute atomic E-state index is 0.126. The standard InChI is InChI=1S/C11H11N3O3/c1-16-11(15)9-10(14(17-2)13-12-9)8-6-4-3-5-7-8/h3-7H,1-2H3. The van der Waals surface area contributed by atoms with Crippen molar-refractivity contribution in [1.29, 1.82) is 0 Å². The molecule has 0 fully saturated rings. The van der Waals surface area contributed by atoms with Crippen LogP contribution in [0.25, 0.3) is 11.3 Å². The van der Waals surface area contributed by atoms with Gasteiger partial charge in [-0.2, -0.15) is 0 Å². The average Bonchev–Trinajstić information content (AvgIpc) is 2.82. The SMILES string of the molecule is COC(=O)c1nnn(OC)c1-c1ccccc1. The first-order valence-electron chi connectivity index (χ1n) is 4.92. The van der Waals surface area contributed by atoms with Gasteiger partial charge in [0.2, 0.25) is 5.69 Å². The van der Waals surface area contributed by atoms with Gasteiger partial charge in [0.1, 0.15) is 12.8 Å². The van der Waals surface area contributed by atoms with E-state index in [0.29, 0.717) is 5.69 Å². The van der Waals surface area contributed by atoms with Crippen molar-refractivity contribution < 1.29 is 14.4 Å². The van der Waals surface area contributed by atoms with Gasteiger partial charge in [-0.25, -0.2) is 4.79 Å². The summed E-state index contributed by atoms with van der Waals surface area (Å²) in [6.45, 7) is 0. The Balaban J connectivity index is 2.58. The normalized spacial score (nSPS) is 10.0. The number of ether oxygens (including phenoxy) is 1. The lowest BCUT2D eigenvalue weighted by molar-refractivity contribution is 0.0594. The highest BCUT2D eigenvalue weighted by molar-refractivity contribution is 5.93. The topological polar surface area (TPSA) is 66.2 Å². The zero-order valence-corrected chi connectivity index (χ0v) is 9.45. The van der Waals surface area contributed by atoms with E-state index in [1.165, 1.54) is 19.1 Å². The molecule has 0 atom stereocenters. The summed E-state index contributed by atoms with van der Waals surface area (Å²) < 4.78 is 4.65. The van der Waals surface area contributed by atoms with Crippen LogP contribution in [0.3, 0.4) is 0 Å². The van der Waals surface area contributed by atoms with Gasteiger partial charge >= 0.3 is 5.97 Å². The van der Waals surface area contributed by atoms with Crippen molar-refractivity contribution in [3.05, 3.63) is 36.0 Å². The van der Waals surface area contributed by atoms with E-state index in [1.807, 2.05) is 30.3 Å². The van der Waals surface area contributed by atoms with E-state index < -0.39 is 5.97 Å². The molecule has 0 spiro atoms. The third-order valence-electron chi connectivity index (χ3n) is 2.24. The van der Waals surface area contributed by atoms with E-state index in [-0.39, 0.29) is 5.69 Å². The van der Waals surface area contributed by atoms with Crippen LogP contribution in [-0.2, 0) is 4.74 Å². The Labute approximate surface area is 97.7 Å². The first-order chi connectivity index (χ1) is 8.27. The van der Waals surface area contributed by atoms with E-state index in [9.17, 15) is 4.79 Å². The van der Waals surface area contributed by atoms with Gasteiger partial charge in [0.15, 0.2) is 0 Å². The Bertz CT molecular complexity index is 522. The van der Waals surface area contributed by atoms with Crippen LogP contribution < -0.4 is 4.84 Å². The van der Waals surface area contributed by atoms with Crippen molar-refractivity contribution in [2.24, 2.45) is 0 Å². The number of carbonyl (C=O) groups is 1. The lowest BCUT2D eigenvalue weighted by Gasteiger charge is -2.04. The fraction of sp³-hybridized carbons (Fsp3) is 0.182. The number of hydrogen-bond donors (Lipinski definition) is 0. The van der Waals surface area contributed by atoms with Crippen LogP contribution >= 0.6 is 0 Å². The van der Waals surface area contributed by atoms with Crippen LogP contribution in [0.2, 0.25) is 0 Å². The van der Waals surface area contributed by atoms with Crippen molar-refractivity contribution in [3.63, 3.8) is 0 Å². The highest BCUT2D eigenvalue weighted by atomic mass is 16.7. The molecule has 0 saturated carbocycles. The molecule has 0 amide bonds. The minimum atomic E-state index is -0.549. The van der Waals surface area contributed by atoms with Crippen LogP contribution in [-0.4, -0.2) is 35.3 Å². The molecule has 0 saturated heterocycles. The average molecular weight is 233 g/mol. The molecule has 17 heavy (non-hydrogen) atoms. The Morgan fingerprint density at radius 1 is 1.24 bits per heavy atom. The maximum atomic E-state index is 11.5. The van der Waals surface area contributed by atoms with E-state index in [4.69, 9.17) is 4.84 Å². The molecule has 2 rings (SSSR count). The molecule has 6 heteroatoms. The van der Waals surface area contributed by atoms with Crippen LogP contribution in [0.15, 0.2) is 30.3 Å². The molecule has 0 radical (unpaired) electrons. The number of benzene rings is 1. The summed E-state index contributed by atoms with van der Waals surface area (Å²) in [5.74, 6) is -0.549. The molecule has 1 aromatic carbocycles. The third-order valence-corrected chi connectivity index (χ3v) is 2.24. The van der Waals surface area contributed by atoms with E-state index in [0.717, 1.165) is 5.56 Å². The van der Waals surface area contributed by atoms with E-state index in [1.54, 1.807) is 0 Å². The quantitative estimate of drug-likeness (QED) is 0.733. The Kier molecular flexibility index (Phi) is 3.04. The van der Waals surface area contributed by atoms with Gasteiger partial charge < -0.3 is 9.57 Å². The zero-order chi connectivity index (χ0) is 12.3. The summed E-state index contributed by atoms with van der Waals surface area (Å²) in [6.07, 6.45) is 0. The predicted molar refractivity (Wildman–Crippen MR) is 59.3 cm³/mol. The van der Waals surface area contributed by atoms with Crippen LogP contribution in [0.5, 0.6) is 0 Å². The first kappa shape index (κ1) is 11.1. The largest absolute Gasteiger partial charge is 0.464 e. The summed E-state index contributed by atoms with van der Waals surface area (Å²) in [7, 11) is 2.74. The molecule has 0 aliphatic heterocycles. The molecular formula is C11H11N3O3. The summed E-state index contributed by atoms with van der Waals surface area (Å²) in [5.41, 5.74) is 1.38. The molecule has 6 nitrogen and oxygen atoms in total. The lowest BCUT2D eigenvalue weighted by atomic mass is 10.1. The molecule has 0 aliphatic rings. The Hall–Kier alpha value is -2.37. The zero-order valence-electron chi connectivity index (χ0n) is 9.45. The van der Waals surface area contributed by atoms with Gasteiger partial charge in [-0.1, -0.05) is 35.2 Å². The molecule has 2 aromatic rings. The van der Waals surface area contributed by atoms with Gasteiger partial charge in [-0.15, -0.1) is 5.10 Å². The summed E-state index contributed by atoms with van der Waals surface area (Å²) in [6, 6.07) is 9.25. The summed E-state index contributed by atoms with van der Waals surface area (Å²) in [5, 5.41) is 7.47. The maximum absolute atomic E-state index is 11.5. The van der Waals surface area contributed by atoms with Gasteiger partial charge in [0.05, 0.1) is 7.11 Å². The Morgan fingerprint density at radius 2 is 1.94 bits per heavy atom. The van der Waals surface area contributed by atoms with Crippen LogP contribution in [0, 0.1) is 0 Å². The molecule has 0 unspecified atom stereocenters. The number of methoxy groups -OCH3 is 1. The fourth-order valence-electron chi connectivity index (χ4n) is 1.47. The monoisotopic (exact) mass is 233 g/mol. The number of rotatable bonds is 3. The number of esters is 1. The second kappa shape index (κ2) is 4.65. The molecule has 1 heterocycles. The highest BCUT2D eigenvalue weighted by Crippen LogP contribution is 2.21. The van der Waals surface area contributed by atoms with Gasteiger partial charge in [-0.3, -0.25) is 0 Å². The molecule has 0 N–H and O–H groups in total. The highest BCUT2D eigenvalue weighted by Gasteiger charge is 2.22. The van der Waals surface area contributed by atoms with Crippen molar-refractivity contribution in [3.8, 4) is 11.3 Å². The van der Waals surface area contributed by atoms with Crippen molar-refractivity contribution in [2.75, 3.05) is 14.2 Å². The second-order valence-corrected chi connectivity index (χ2v) is 3.20. The number of aromatic nitrogens is 3. The molecule has 0 aliphatic carbocycles. The Morgan fingerprint density at radius 3 is 2.53 bits per heavy atom. The van der Waals surface area contributed by atoms with Crippen LogP contribution in [0.4, 0.5) is 0 Å². The van der Waals surface area contributed by atoms with E-state index >= 15 is 0 Å². The molecule has 88 valence electrons. The smallest absolute Gasteiger partial charge is 0.361 e. The molecule has 1 aromatic heterocycles. The minimum Gasteiger partial charge on any atom is -0.464 e. The maximum Gasteiger partial charge on any atom is 0.361 e. The number of nitrogens with zero attached hydrogens (tertiary/aromatic N) is 3. The van der Waals surface area contributed by atoms with Gasteiger partial charge in [0.25, 0.3) is 0 Å². The summed E-state index contributed by atoms with van der Waals surface area (Å²) in [4.78, 5) is 17.7. The lowest BCUT2D eigenvalue weighted by Crippen LogP contribution is -2.11. The molecular weight excluding hydrogens is 222 g/mol. The number of carbonyl (C=O) groups excluding carboxylic acids is 1. The van der Waals surface area contributed by atoms with Gasteiger partial charge in [-0.05, 0) is 5.21 Å². The van der Waals surface area contributed by atoms with Crippen molar-refractivity contribution in [2.45, 2.75) is 0 Å². The van der Waals surface area contributed by atoms with Crippen molar-refractivity contribution >= 4 is 5.97 Å². The van der Waals surface area contributed by atoms with Gasteiger partial charge in [0, 0.05) is 5.56 Å². The van der Waals surface area contributed by atoms with Crippen molar-refractivity contribution in [1.82, 2.24) is 15.2 Å². The first-order valence-corrected chi connectivity index (χ1v) is 4.92. The number of hydrogen-bond acceptors (Lipinski definition) is 5. The van der Waals surface area contributed by atoms with Crippen LogP contribution in [0.1, 0.15) is 10.5 Å².